The van der Waals surface area contributed by atoms with Crippen LogP contribution < -0.4 is 5.32 Å². The molecule has 4 heteroatoms. The third kappa shape index (κ3) is 4.29. The molecule has 0 radical (unpaired) electrons. The first-order valence-corrected chi connectivity index (χ1v) is 4.13. The number of nitrogens with one attached hydrogen (secondary N) is 1. The van der Waals surface area contributed by atoms with Gasteiger partial charge in [-0.05, 0) is 6.42 Å². The van der Waals surface area contributed by atoms with Crippen LogP contribution in [0.4, 0.5) is 0 Å². The van der Waals surface area contributed by atoms with E-state index >= 15 is 0 Å². The molecule has 1 unspecified atom stereocenters. The Bertz CT molecular complexity index is 140. The summed E-state index contributed by atoms with van der Waals surface area (Å²) in [5.74, 6) is 0. The Morgan fingerprint density at radius 2 is 1.92 bits per heavy atom. The summed E-state index contributed by atoms with van der Waals surface area (Å²) in [6.45, 7) is 1.76. The highest BCUT2D eigenvalue weighted by atomic mass is 16.3. The Kier molecular flexibility index (Phi) is 6.67. The highest BCUT2D eigenvalue weighted by Gasteiger charge is 2.11. The van der Waals surface area contributed by atoms with Gasteiger partial charge in [0.1, 0.15) is 0 Å². The minimum Gasteiger partial charge on any atom is -0.395 e. The molecule has 0 aliphatic heterocycles. The van der Waals surface area contributed by atoms with Gasteiger partial charge in [-0.2, -0.15) is 5.26 Å². The van der Waals surface area contributed by atoms with Crippen molar-refractivity contribution >= 4 is 0 Å². The molecule has 70 valence electrons. The highest BCUT2D eigenvalue weighted by Crippen LogP contribution is 1.97. The largest absolute Gasteiger partial charge is 0.395 e. The van der Waals surface area contributed by atoms with Crippen molar-refractivity contribution in [3.63, 3.8) is 0 Å². The SMILES string of the molecule is CCC(CC#N)NC(CO)CO. The Balaban J connectivity index is 3.75. The van der Waals surface area contributed by atoms with Crippen LogP contribution in [0.5, 0.6) is 0 Å². The Morgan fingerprint density at radius 1 is 1.33 bits per heavy atom. The number of nitriles is 1. The fourth-order valence-corrected chi connectivity index (χ4v) is 0.928. The van der Waals surface area contributed by atoms with Crippen LogP contribution in [0, 0.1) is 11.3 Å². The van der Waals surface area contributed by atoms with E-state index in [0.29, 0.717) is 6.42 Å². The van der Waals surface area contributed by atoms with E-state index in [0.717, 1.165) is 6.42 Å². The molecule has 0 heterocycles. The quantitative estimate of drug-likeness (QED) is 0.510. The van der Waals surface area contributed by atoms with Gasteiger partial charge in [0.05, 0.1) is 31.7 Å². The van der Waals surface area contributed by atoms with E-state index < -0.39 is 0 Å². The van der Waals surface area contributed by atoms with Crippen molar-refractivity contribution in [2.45, 2.75) is 31.8 Å². The third-order valence-electron chi connectivity index (χ3n) is 1.74. The zero-order valence-corrected chi connectivity index (χ0v) is 7.32. The lowest BCUT2D eigenvalue weighted by Crippen LogP contribution is -2.42. The maximum Gasteiger partial charge on any atom is 0.0638 e. The molecule has 0 aliphatic rings. The van der Waals surface area contributed by atoms with Crippen molar-refractivity contribution in [3.05, 3.63) is 0 Å². The third-order valence-corrected chi connectivity index (χ3v) is 1.74. The summed E-state index contributed by atoms with van der Waals surface area (Å²) in [6, 6.07) is 1.81. The zero-order chi connectivity index (χ0) is 9.40. The van der Waals surface area contributed by atoms with Crippen LogP contribution in [0.1, 0.15) is 19.8 Å². The monoisotopic (exact) mass is 172 g/mol. The molecular formula is C8H16N2O2. The van der Waals surface area contributed by atoms with Crippen LogP contribution in [-0.4, -0.2) is 35.5 Å². The summed E-state index contributed by atoms with van der Waals surface area (Å²) in [7, 11) is 0. The average molecular weight is 172 g/mol. The molecule has 0 fully saturated rings. The van der Waals surface area contributed by atoms with Crippen LogP contribution in [-0.2, 0) is 0 Å². The number of hydrogen-bond acceptors (Lipinski definition) is 4. The molecule has 3 N–H and O–H groups in total. The first-order chi connectivity index (χ1) is 5.78. The molecule has 1 atom stereocenters. The van der Waals surface area contributed by atoms with E-state index in [-0.39, 0.29) is 25.3 Å². The molecule has 0 aliphatic carbocycles. The van der Waals surface area contributed by atoms with Gasteiger partial charge in [-0.25, -0.2) is 0 Å². The second-order valence-electron chi connectivity index (χ2n) is 2.70. The summed E-state index contributed by atoms with van der Waals surface area (Å²) in [5, 5.41) is 28.9. The summed E-state index contributed by atoms with van der Waals surface area (Å²) in [4.78, 5) is 0. The van der Waals surface area contributed by atoms with E-state index in [9.17, 15) is 0 Å². The lowest BCUT2D eigenvalue weighted by Gasteiger charge is -2.19. The van der Waals surface area contributed by atoms with E-state index in [2.05, 4.69) is 5.32 Å². The molecule has 0 aromatic heterocycles. The topological polar surface area (TPSA) is 76.3 Å². The predicted molar refractivity (Wildman–Crippen MR) is 45.4 cm³/mol. The van der Waals surface area contributed by atoms with Crippen molar-refractivity contribution in [3.8, 4) is 6.07 Å². The van der Waals surface area contributed by atoms with Crippen LogP contribution in [0.25, 0.3) is 0 Å². The predicted octanol–water partition coefficient (Wildman–Crippen LogP) is -0.379. The van der Waals surface area contributed by atoms with Crippen molar-refractivity contribution < 1.29 is 10.2 Å². The van der Waals surface area contributed by atoms with Crippen LogP contribution >= 0.6 is 0 Å². The van der Waals surface area contributed by atoms with Gasteiger partial charge in [0.15, 0.2) is 0 Å². The standard InChI is InChI=1S/C8H16N2O2/c1-2-7(3-4-9)10-8(5-11)6-12/h7-8,10-12H,2-3,5-6H2,1H3. The fraction of sp³-hybridized carbons (Fsp3) is 0.875. The molecular weight excluding hydrogens is 156 g/mol. The molecule has 0 amide bonds. The number of aliphatic hydroxyl groups is 2. The lowest BCUT2D eigenvalue weighted by molar-refractivity contribution is 0.161. The van der Waals surface area contributed by atoms with Crippen molar-refractivity contribution in [1.82, 2.24) is 5.32 Å². The van der Waals surface area contributed by atoms with Crippen molar-refractivity contribution in [1.29, 1.82) is 5.26 Å². The molecule has 0 rings (SSSR count). The summed E-state index contributed by atoms with van der Waals surface area (Å²) in [6.07, 6.45) is 1.23. The van der Waals surface area contributed by atoms with Gasteiger partial charge < -0.3 is 15.5 Å². The van der Waals surface area contributed by atoms with E-state index in [4.69, 9.17) is 15.5 Å². The van der Waals surface area contributed by atoms with Crippen LogP contribution in [0.3, 0.4) is 0 Å². The van der Waals surface area contributed by atoms with Gasteiger partial charge in [0, 0.05) is 6.04 Å². The Labute approximate surface area is 72.8 Å². The van der Waals surface area contributed by atoms with Gasteiger partial charge in [0.25, 0.3) is 0 Å². The Morgan fingerprint density at radius 3 is 2.25 bits per heavy atom. The second kappa shape index (κ2) is 7.04. The van der Waals surface area contributed by atoms with Gasteiger partial charge in [-0.15, -0.1) is 0 Å². The van der Waals surface area contributed by atoms with E-state index in [1.165, 1.54) is 0 Å². The van der Waals surface area contributed by atoms with E-state index in [1.54, 1.807) is 0 Å². The number of hydrogen-bond donors (Lipinski definition) is 3. The van der Waals surface area contributed by atoms with Gasteiger partial charge >= 0.3 is 0 Å². The first-order valence-electron chi connectivity index (χ1n) is 4.13. The average Bonchev–Trinajstić information content (AvgIpc) is 2.12. The zero-order valence-electron chi connectivity index (χ0n) is 7.32. The molecule has 4 nitrogen and oxygen atoms in total. The summed E-state index contributed by atoms with van der Waals surface area (Å²) >= 11 is 0. The van der Waals surface area contributed by atoms with Gasteiger partial charge in [-0.3, -0.25) is 0 Å². The van der Waals surface area contributed by atoms with Crippen molar-refractivity contribution in [2.75, 3.05) is 13.2 Å². The minimum atomic E-state index is -0.303. The summed E-state index contributed by atoms with van der Waals surface area (Å²) < 4.78 is 0. The van der Waals surface area contributed by atoms with Crippen molar-refractivity contribution in [2.24, 2.45) is 0 Å². The lowest BCUT2D eigenvalue weighted by atomic mass is 10.1. The second-order valence-corrected chi connectivity index (χ2v) is 2.70. The maximum absolute atomic E-state index is 8.73. The molecule has 12 heavy (non-hydrogen) atoms. The number of rotatable bonds is 6. The smallest absolute Gasteiger partial charge is 0.0638 e. The molecule has 0 bridgehead atoms. The Hall–Kier alpha value is -0.630. The highest BCUT2D eigenvalue weighted by molar-refractivity contribution is 4.82. The molecule has 0 saturated heterocycles. The summed E-state index contributed by atoms with van der Waals surface area (Å²) in [5.41, 5.74) is 0. The number of aliphatic hydroxyl groups excluding tert-OH is 2. The first kappa shape index (κ1) is 11.4. The minimum absolute atomic E-state index is 0.0688. The molecule has 0 saturated carbocycles. The normalized spacial score (nSPS) is 12.9. The fourth-order valence-electron chi connectivity index (χ4n) is 0.928. The van der Waals surface area contributed by atoms with Crippen LogP contribution in [0.2, 0.25) is 0 Å². The maximum atomic E-state index is 8.73. The molecule has 0 aromatic carbocycles. The molecule has 0 spiro atoms. The number of nitrogens with zero attached hydrogens (tertiary/aromatic N) is 1. The molecule has 0 aromatic rings. The van der Waals surface area contributed by atoms with E-state index in [1.807, 2.05) is 13.0 Å². The van der Waals surface area contributed by atoms with Gasteiger partial charge in [0.2, 0.25) is 0 Å². The van der Waals surface area contributed by atoms with Crippen LogP contribution in [0.15, 0.2) is 0 Å². The van der Waals surface area contributed by atoms with Gasteiger partial charge in [-0.1, -0.05) is 6.92 Å².